The van der Waals surface area contributed by atoms with Gasteiger partial charge in [0.15, 0.2) is 0 Å². The molecule has 2 N–H and O–H groups in total. The van der Waals surface area contributed by atoms with Gasteiger partial charge in [0, 0.05) is 6.20 Å². The van der Waals surface area contributed by atoms with E-state index in [1.54, 1.807) is 0 Å². The number of ether oxygens (including phenoxy) is 1. The predicted octanol–water partition coefficient (Wildman–Crippen LogP) is 1.65. The summed E-state index contributed by atoms with van der Waals surface area (Å²) in [5.74, 6) is -1.19. The average molecular weight is 314 g/mol. The van der Waals surface area contributed by atoms with E-state index in [2.05, 4.69) is 9.71 Å². The van der Waals surface area contributed by atoms with Crippen molar-refractivity contribution in [3.8, 4) is 5.88 Å². The molecule has 0 unspecified atom stereocenters. The minimum Gasteiger partial charge on any atom is -0.480 e. The van der Waals surface area contributed by atoms with Crippen molar-refractivity contribution >= 4 is 33.0 Å². The van der Waals surface area contributed by atoms with Gasteiger partial charge in [0.1, 0.15) is 15.5 Å². The molecule has 0 saturated heterocycles. The molecule has 2 rings (SSSR count). The summed E-state index contributed by atoms with van der Waals surface area (Å²) in [4.78, 5) is 14.3. The molecule has 0 radical (unpaired) electrons. The Kier molecular flexibility index (Phi) is 3.91. The van der Waals surface area contributed by atoms with Gasteiger partial charge in [-0.1, -0.05) is 0 Å². The number of nitrogens with zero attached hydrogens (tertiary/aromatic N) is 1. The summed E-state index contributed by atoms with van der Waals surface area (Å²) < 4.78 is 31.6. The summed E-state index contributed by atoms with van der Waals surface area (Å²) in [7, 11) is -2.66. The van der Waals surface area contributed by atoms with Crippen LogP contribution >= 0.6 is 11.3 Å². The molecule has 0 aliphatic heterocycles. The van der Waals surface area contributed by atoms with Crippen LogP contribution in [0.5, 0.6) is 5.88 Å². The molecule has 0 fully saturated rings. The summed E-state index contributed by atoms with van der Waals surface area (Å²) in [5.41, 5.74) is 0.137. The Morgan fingerprint density at radius 2 is 2.20 bits per heavy atom. The van der Waals surface area contributed by atoms with Crippen LogP contribution in [0.4, 0.5) is 5.69 Å². The maximum atomic E-state index is 12.2. The largest absolute Gasteiger partial charge is 0.480 e. The van der Waals surface area contributed by atoms with Crippen molar-refractivity contribution in [3.63, 3.8) is 0 Å². The zero-order valence-corrected chi connectivity index (χ0v) is 11.9. The number of carboxylic acids is 1. The molecule has 0 saturated carbocycles. The second-order valence-electron chi connectivity index (χ2n) is 3.58. The van der Waals surface area contributed by atoms with Crippen LogP contribution in [0, 0.1) is 0 Å². The number of sulfonamides is 1. The number of thiophene rings is 1. The van der Waals surface area contributed by atoms with Gasteiger partial charge in [0.2, 0.25) is 5.88 Å². The Balaban J connectivity index is 2.41. The molecule has 2 aromatic rings. The summed E-state index contributed by atoms with van der Waals surface area (Å²) in [6.07, 6.45) is 1.45. The first-order chi connectivity index (χ1) is 9.45. The fourth-order valence-electron chi connectivity index (χ4n) is 1.50. The lowest BCUT2D eigenvalue weighted by Crippen LogP contribution is -2.16. The number of carboxylic acid groups (broad SMARTS) is 1. The van der Waals surface area contributed by atoms with Gasteiger partial charge in [-0.2, -0.15) is 0 Å². The van der Waals surface area contributed by atoms with Crippen LogP contribution < -0.4 is 9.46 Å². The van der Waals surface area contributed by atoms with Crippen LogP contribution in [-0.2, 0) is 10.0 Å². The van der Waals surface area contributed by atoms with Crippen molar-refractivity contribution in [2.45, 2.75) is 4.90 Å². The van der Waals surface area contributed by atoms with Crippen LogP contribution in [0.2, 0.25) is 0 Å². The SMILES string of the molecule is COc1ncccc1NS(=O)(=O)c1ccsc1C(=O)O. The quantitative estimate of drug-likeness (QED) is 0.869. The number of anilines is 1. The molecule has 0 atom stereocenters. The number of aromatic carboxylic acids is 1. The van der Waals surface area contributed by atoms with Gasteiger partial charge >= 0.3 is 5.97 Å². The van der Waals surface area contributed by atoms with Gasteiger partial charge in [-0.25, -0.2) is 18.2 Å². The number of nitrogens with one attached hydrogen (secondary N) is 1. The molecule has 0 spiro atoms. The minimum absolute atomic E-state index is 0.100. The highest BCUT2D eigenvalue weighted by molar-refractivity contribution is 7.93. The van der Waals surface area contributed by atoms with Crippen molar-refractivity contribution in [2.24, 2.45) is 0 Å². The fourth-order valence-corrected chi connectivity index (χ4v) is 3.81. The number of hydrogen-bond acceptors (Lipinski definition) is 6. The van der Waals surface area contributed by atoms with Gasteiger partial charge in [-0.15, -0.1) is 11.3 Å². The van der Waals surface area contributed by atoms with Crippen molar-refractivity contribution < 1.29 is 23.1 Å². The van der Waals surface area contributed by atoms with Crippen LogP contribution in [0.3, 0.4) is 0 Å². The highest BCUT2D eigenvalue weighted by Crippen LogP contribution is 2.27. The molecule has 9 heteroatoms. The van der Waals surface area contributed by atoms with E-state index < -0.39 is 16.0 Å². The number of aromatic nitrogens is 1. The number of carbonyl (C=O) groups is 1. The zero-order chi connectivity index (χ0) is 14.8. The number of methoxy groups -OCH3 is 1. The summed E-state index contributed by atoms with van der Waals surface area (Å²) in [5, 5.41) is 10.4. The maximum absolute atomic E-state index is 12.2. The van der Waals surface area contributed by atoms with E-state index in [1.165, 1.54) is 36.9 Å². The molecule has 0 bridgehead atoms. The molecular formula is C11H10N2O5S2. The topological polar surface area (TPSA) is 106 Å². The maximum Gasteiger partial charge on any atom is 0.347 e. The minimum atomic E-state index is -4.02. The van der Waals surface area contributed by atoms with Crippen LogP contribution in [0.1, 0.15) is 9.67 Å². The number of pyridine rings is 1. The van der Waals surface area contributed by atoms with Crippen molar-refractivity contribution in [3.05, 3.63) is 34.7 Å². The third-order valence-electron chi connectivity index (χ3n) is 2.32. The van der Waals surface area contributed by atoms with Gasteiger partial charge in [0.05, 0.1) is 7.11 Å². The lowest BCUT2D eigenvalue weighted by Gasteiger charge is -2.10. The zero-order valence-electron chi connectivity index (χ0n) is 10.2. The van der Waals surface area contributed by atoms with Crippen molar-refractivity contribution in [1.29, 1.82) is 0 Å². The summed E-state index contributed by atoms with van der Waals surface area (Å²) in [6.45, 7) is 0. The molecule has 2 aromatic heterocycles. The molecule has 0 aliphatic carbocycles. The van der Waals surface area contributed by atoms with Crippen LogP contribution in [0.15, 0.2) is 34.7 Å². The standard InChI is InChI=1S/C11H10N2O5S2/c1-18-10-7(3-2-5-12-10)13-20(16,17)8-4-6-19-9(8)11(14)15/h2-6,13H,1H3,(H,14,15). The monoisotopic (exact) mass is 314 g/mol. The van der Waals surface area contributed by atoms with E-state index in [1.807, 2.05) is 0 Å². The predicted molar refractivity (Wildman–Crippen MR) is 72.9 cm³/mol. The number of rotatable bonds is 5. The van der Waals surface area contributed by atoms with Crippen LogP contribution in [-0.4, -0.2) is 31.6 Å². The van der Waals surface area contributed by atoms with E-state index in [-0.39, 0.29) is 21.3 Å². The lowest BCUT2D eigenvalue weighted by atomic mass is 10.4. The van der Waals surface area contributed by atoms with Crippen molar-refractivity contribution in [2.75, 3.05) is 11.8 Å². The van der Waals surface area contributed by atoms with Gasteiger partial charge in [-0.3, -0.25) is 4.72 Å². The van der Waals surface area contributed by atoms with Gasteiger partial charge in [-0.05, 0) is 23.6 Å². The van der Waals surface area contributed by atoms with Gasteiger partial charge in [0.25, 0.3) is 10.0 Å². The Morgan fingerprint density at radius 3 is 2.85 bits per heavy atom. The molecular weight excluding hydrogens is 304 g/mol. The van der Waals surface area contributed by atoms with E-state index in [4.69, 9.17) is 9.84 Å². The van der Waals surface area contributed by atoms with Crippen molar-refractivity contribution in [1.82, 2.24) is 4.98 Å². The first kappa shape index (κ1) is 14.3. The fraction of sp³-hybridized carbons (Fsp3) is 0.0909. The Hall–Kier alpha value is -2.13. The third kappa shape index (κ3) is 2.73. The third-order valence-corrected chi connectivity index (χ3v) is 4.76. The van der Waals surface area contributed by atoms with Crippen LogP contribution in [0.25, 0.3) is 0 Å². The molecule has 0 aliphatic rings. The Morgan fingerprint density at radius 1 is 1.45 bits per heavy atom. The summed E-state index contributed by atoms with van der Waals surface area (Å²) >= 11 is 0.839. The highest BCUT2D eigenvalue weighted by Gasteiger charge is 2.24. The van der Waals surface area contributed by atoms with E-state index in [0.29, 0.717) is 0 Å². The van der Waals surface area contributed by atoms with E-state index in [0.717, 1.165) is 11.3 Å². The molecule has 7 nitrogen and oxygen atoms in total. The normalized spacial score (nSPS) is 11.1. The Labute approximate surface area is 118 Å². The molecule has 20 heavy (non-hydrogen) atoms. The second kappa shape index (κ2) is 5.47. The first-order valence-corrected chi connectivity index (χ1v) is 7.64. The molecule has 2 heterocycles. The smallest absolute Gasteiger partial charge is 0.347 e. The Bertz CT molecular complexity index is 739. The van der Waals surface area contributed by atoms with E-state index >= 15 is 0 Å². The summed E-state index contributed by atoms with van der Waals surface area (Å²) in [6, 6.07) is 4.24. The molecule has 106 valence electrons. The van der Waals surface area contributed by atoms with E-state index in [9.17, 15) is 13.2 Å². The average Bonchev–Trinajstić information content (AvgIpc) is 2.89. The second-order valence-corrected chi connectivity index (χ2v) is 6.15. The molecule has 0 aromatic carbocycles. The number of hydrogen-bond donors (Lipinski definition) is 2. The highest BCUT2D eigenvalue weighted by atomic mass is 32.2. The van der Waals surface area contributed by atoms with Gasteiger partial charge < -0.3 is 9.84 Å². The lowest BCUT2D eigenvalue weighted by molar-refractivity contribution is 0.0698. The first-order valence-electron chi connectivity index (χ1n) is 5.28. The molecule has 0 amide bonds.